The number of aryl methyl sites for hydroxylation is 1. The normalized spacial score (nSPS) is 16.0. The van der Waals surface area contributed by atoms with Crippen LogP contribution in [-0.2, 0) is 4.74 Å². The second-order valence-electron chi connectivity index (χ2n) is 5.59. The molecule has 1 heterocycles. The second-order valence-corrected chi connectivity index (χ2v) is 6.79. The smallest absolute Gasteiger partial charge is 0.141 e. The number of H-pyrrole nitrogens is 1. The van der Waals surface area contributed by atoms with Crippen LogP contribution in [-0.4, -0.2) is 22.8 Å². The first-order chi connectivity index (χ1) is 10.6. The van der Waals surface area contributed by atoms with Crippen LogP contribution in [0.2, 0.25) is 5.02 Å². The van der Waals surface area contributed by atoms with Crippen molar-refractivity contribution in [1.29, 1.82) is 0 Å². The third kappa shape index (κ3) is 3.47. The summed E-state index contributed by atoms with van der Waals surface area (Å²) in [7, 11) is 0. The lowest BCUT2D eigenvalue weighted by atomic mass is 10.1. The molecule has 1 aromatic heterocycles. The fourth-order valence-electron chi connectivity index (χ4n) is 2.32. The number of aromatic nitrogens is 2. The van der Waals surface area contributed by atoms with Gasteiger partial charge in [-0.2, -0.15) is 0 Å². The van der Waals surface area contributed by atoms with Gasteiger partial charge in [0.05, 0.1) is 11.6 Å². The fraction of sp³-hybridized carbons (Fsp3) is 0.438. The van der Waals surface area contributed by atoms with E-state index in [4.69, 9.17) is 16.3 Å². The van der Waals surface area contributed by atoms with Gasteiger partial charge in [0.15, 0.2) is 0 Å². The van der Waals surface area contributed by atoms with Crippen LogP contribution in [0.3, 0.4) is 0 Å². The largest absolute Gasteiger partial charge is 0.365 e. The highest BCUT2D eigenvalue weighted by molar-refractivity contribution is 7.98. The molecule has 22 heavy (non-hydrogen) atoms. The maximum Gasteiger partial charge on any atom is 0.141 e. The van der Waals surface area contributed by atoms with Crippen molar-refractivity contribution in [2.45, 2.75) is 30.9 Å². The number of hydrogen-bond donors (Lipinski definition) is 1. The number of rotatable bonds is 6. The number of imidazole rings is 1. The Morgan fingerprint density at radius 2 is 2.27 bits per heavy atom. The van der Waals surface area contributed by atoms with E-state index >= 15 is 0 Å². The molecule has 3 rings (SSSR count). The zero-order valence-corrected chi connectivity index (χ0v) is 14.1. The van der Waals surface area contributed by atoms with Crippen LogP contribution >= 0.6 is 23.4 Å². The van der Waals surface area contributed by atoms with Crippen LogP contribution in [0.25, 0.3) is 0 Å². The quantitative estimate of drug-likeness (QED) is 0.771. The van der Waals surface area contributed by atoms with Gasteiger partial charge in [-0.25, -0.2) is 9.37 Å². The summed E-state index contributed by atoms with van der Waals surface area (Å²) in [6, 6.07) is 4.69. The molecule has 1 aliphatic rings. The van der Waals surface area contributed by atoms with Gasteiger partial charge in [-0.05, 0) is 49.6 Å². The Balaban J connectivity index is 1.91. The topological polar surface area (TPSA) is 37.9 Å². The van der Waals surface area contributed by atoms with Crippen LogP contribution in [0.1, 0.15) is 36.0 Å². The lowest BCUT2D eigenvalue weighted by molar-refractivity contribution is 0.0665. The van der Waals surface area contributed by atoms with Gasteiger partial charge in [-0.15, -0.1) is 11.8 Å². The Labute approximate surface area is 138 Å². The van der Waals surface area contributed by atoms with E-state index in [1.165, 1.54) is 18.9 Å². The number of aromatic amines is 1. The van der Waals surface area contributed by atoms with Crippen LogP contribution in [0.15, 0.2) is 23.2 Å². The fourth-order valence-corrected chi connectivity index (χ4v) is 3.05. The average molecular weight is 341 g/mol. The van der Waals surface area contributed by atoms with Crippen molar-refractivity contribution in [3.05, 3.63) is 46.1 Å². The molecule has 0 amide bonds. The van der Waals surface area contributed by atoms with E-state index in [2.05, 4.69) is 9.97 Å². The Bertz CT molecular complexity index is 672. The third-order valence-electron chi connectivity index (χ3n) is 3.74. The molecule has 0 aliphatic heterocycles. The predicted molar refractivity (Wildman–Crippen MR) is 87.0 cm³/mol. The average Bonchev–Trinajstić information content (AvgIpc) is 3.25. The van der Waals surface area contributed by atoms with E-state index in [9.17, 15) is 4.39 Å². The van der Waals surface area contributed by atoms with Crippen molar-refractivity contribution < 1.29 is 9.13 Å². The van der Waals surface area contributed by atoms with Crippen LogP contribution in [0, 0.1) is 18.7 Å². The first-order valence-corrected chi connectivity index (χ1v) is 8.85. The molecule has 1 fully saturated rings. The summed E-state index contributed by atoms with van der Waals surface area (Å²) in [6.45, 7) is 2.67. The summed E-state index contributed by atoms with van der Waals surface area (Å²) in [5.41, 5.74) is 1.82. The maximum absolute atomic E-state index is 13.4. The van der Waals surface area contributed by atoms with E-state index < -0.39 is 5.82 Å². The number of thioether (sulfide) groups is 1. The number of benzene rings is 1. The van der Waals surface area contributed by atoms with Gasteiger partial charge in [-0.3, -0.25) is 0 Å². The summed E-state index contributed by atoms with van der Waals surface area (Å²) in [5.74, 6) is 0.950. The summed E-state index contributed by atoms with van der Waals surface area (Å²) in [6.07, 6.45) is 4.06. The maximum atomic E-state index is 13.4. The monoisotopic (exact) mass is 340 g/mol. The molecule has 1 N–H and O–H groups in total. The minimum atomic E-state index is -0.424. The number of nitrogens with one attached hydrogen (secondary N) is 1. The Morgan fingerprint density at radius 1 is 1.50 bits per heavy atom. The summed E-state index contributed by atoms with van der Waals surface area (Å²) in [4.78, 5) is 7.88. The van der Waals surface area contributed by atoms with E-state index in [1.54, 1.807) is 23.9 Å². The van der Waals surface area contributed by atoms with Crippen molar-refractivity contribution in [2.24, 2.45) is 5.92 Å². The molecule has 2 aromatic rings. The Hall–Kier alpha value is -1.04. The molecule has 0 radical (unpaired) electrons. The Kier molecular flexibility index (Phi) is 4.76. The highest BCUT2D eigenvalue weighted by atomic mass is 35.5. The molecule has 1 aromatic carbocycles. The van der Waals surface area contributed by atoms with Crippen LogP contribution in [0.5, 0.6) is 0 Å². The molecule has 1 saturated carbocycles. The lowest BCUT2D eigenvalue weighted by Crippen LogP contribution is -2.10. The molecule has 3 nitrogen and oxygen atoms in total. The number of nitrogens with zero attached hydrogens (tertiary/aromatic N) is 1. The van der Waals surface area contributed by atoms with Crippen LogP contribution in [0.4, 0.5) is 4.39 Å². The molecule has 0 bridgehead atoms. The minimum absolute atomic E-state index is 0.103. The van der Waals surface area contributed by atoms with Gasteiger partial charge in [0.2, 0.25) is 0 Å². The van der Waals surface area contributed by atoms with Gasteiger partial charge < -0.3 is 9.72 Å². The zero-order valence-electron chi connectivity index (χ0n) is 12.5. The molecular formula is C16H18ClFN2OS. The van der Waals surface area contributed by atoms with Gasteiger partial charge in [0.25, 0.3) is 0 Å². The molecular weight excluding hydrogens is 323 g/mol. The zero-order chi connectivity index (χ0) is 15.7. The standard InChI is InChI=1S/C16H18ClFN2OS/c1-9-16(22-2)20-15(19-9)14(21-8-10-3-4-10)11-5-6-13(18)12(17)7-11/h5-7,10,14H,3-4,8H2,1-2H3,(H,19,20). The molecule has 0 saturated heterocycles. The second kappa shape index (κ2) is 6.60. The summed E-state index contributed by atoms with van der Waals surface area (Å²) in [5, 5.41) is 1.05. The van der Waals surface area contributed by atoms with Crippen molar-refractivity contribution in [1.82, 2.24) is 9.97 Å². The van der Waals surface area contributed by atoms with Gasteiger partial charge >= 0.3 is 0 Å². The molecule has 1 atom stereocenters. The first-order valence-electron chi connectivity index (χ1n) is 7.25. The van der Waals surface area contributed by atoms with E-state index in [1.807, 2.05) is 13.2 Å². The van der Waals surface area contributed by atoms with E-state index in [0.29, 0.717) is 12.5 Å². The highest BCUT2D eigenvalue weighted by Gasteiger charge is 2.26. The van der Waals surface area contributed by atoms with Gasteiger partial charge in [-0.1, -0.05) is 17.7 Å². The van der Waals surface area contributed by atoms with Crippen molar-refractivity contribution in [3.8, 4) is 0 Å². The van der Waals surface area contributed by atoms with Crippen molar-refractivity contribution in [2.75, 3.05) is 12.9 Å². The SMILES string of the molecule is CSc1nc(C(OCC2CC2)c2ccc(F)c(Cl)c2)[nH]c1C. The van der Waals surface area contributed by atoms with Crippen molar-refractivity contribution in [3.63, 3.8) is 0 Å². The number of halogens is 2. The van der Waals surface area contributed by atoms with Crippen LogP contribution < -0.4 is 0 Å². The third-order valence-corrected chi connectivity index (χ3v) is 4.82. The van der Waals surface area contributed by atoms with Gasteiger partial charge in [0, 0.05) is 5.69 Å². The number of hydrogen-bond acceptors (Lipinski definition) is 3. The van der Waals surface area contributed by atoms with E-state index in [0.717, 1.165) is 22.1 Å². The summed E-state index contributed by atoms with van der Waals surface area (Å²) >= 11 is 7.51. The molecule has 1 unspecified atom stereocenters. The van der Waals surface area contributed by atoms with E-state index in [-0.39, 0.29) is 11.1 Å². The first kappa shape index (κ1) is 15.8. The number of ether oxygens (including phenoxy) is 1. The van der Waals surface area contributed by atoms with Gasteiger partial charge in [0.1, 0.15) is 22.8 Å². The predicted octanol–water partition coefficient (Wildman–Crippen LogP) is 4.75. The Morgan fingerprint density at radius 3 is 2.86 bits per heavy atom. The lowest BCUT2D eigenvalue weighted by Gasteiger charge is -2.16. The molecule has 1 aliphatic carbocycles. The minimum Gasteiger partial charge on any atom is -0.365 e. The summed E-state index contributed by atoms with van der Waals surface area (Å²) < 4.78 is 19.5. The highest BCUT2D eigenvalue weighted by Crippen LogP contribution is 2.34. The molecule has 0 spiro atoms. The molecule has 6 heteroatoms. The van der Waals surface area contributed by atoms with Crippen molar-refractivity contribution >= 4 is 23.4 Å². The molecule has 118 valence electrons.